The van der Waals surface area contributed by atoms with Gasteiger partial charge in [-0.3, -0.25) is 4.79 Å². The van der Waals surface area contributed by atoms with E-state index >= 15 is 0 Å². The highest BCUT2D eigenvalue weighted by atomic mass is 16.5. The van der Waals surface area contributed by atoms with E-state index in [4.69, 9.17) is 4.74 Å². The number of carbonyl (C=O) groups is 1. The van der Waals surface area contributed by atoms with Crippen LogP contribution < -0.4 is 5.32 Å². The van der Waals surface area contributed by atoms with E-state index < -0.39 is 0 Å². The molecule has 1 N–H and O–H groups in total. The fourth-order valence-corrected chi connectivity index (χ4v) is 2.68. The molecule has 3 rings (SSSR count). The fourth-order valence-electron chi connectivity index (χ4n) is 2.68. The summed E-state index contributed by atoms with van der Waals surface area (Å²) in [6.07, 6.45) is 2.59. The van der Waals surface area contributed by atoms with E-state index in [2.05, 4.69) is 20.6 Å². The minimum absolute atomic E-state index is 0.00196. The van der Waals surface area contributed by atoms with Crippen molar-refractivity contribution in [2.75, 3.05) is 12.4 Å². The molecule has 2 atom stereocenters. The Balaban J connectivity index is 1.71. The van der Waals surface area contributed by atoms with Gasteiger partial charge in [-0.1, -0.05) is 0 Å². The molecular weight excluding hydrogens is 258 g/mol. The molecule has 0 aromatic carbocycles. The first-order chi connectivity index (χ1) is 9.67. The standard InChI is InChI=1S/C13H17N5O2/c1-8-15-16-12-6-5-11(17-18(8)12)14-10-4-3-9(7-10)13(19)20-2/h5-6,9-10H,3-4,7H2,1-2H3,(H,14,17)/t9-,10+/m0/s1. The minimum Gasteiger partial charge on any atom is -0.469 e. The first-order valence-electron chi connectivity index (χ1n) is 6.71. The second kappa shape index (κ2) is 5.07. The van der Waals surface area contributed by atoms with Crippen molar-refractivity contribution in [3.63, 3.8) is 0 Å². The van der Waals surface area contributed by atoms with Crippen molar-refractivity contribution in [2.45, 2.75) is 32.2 Å². The van der Waals surface area contributed by atoms with Gasteiger partial charge < -0.3 is 10.1 Å². The summed E-state index contributed by atoms with van der Waals surface area (Å²) in [6, 6.07) is 4.01. The van der Waals surface area contributed by atoms with E-state index in [0.29, 0.717) is 0 Å². The molecule has 0 saturated heterocycles. The fraction of sp³-hybridized carbons (Fsp3) is 0.538. The number of fused-ring (bicyclic) bond motifs is 1. The van der Waals surface area contributed by atoms with Crippen LogP contribution in [0.4, 0.5) is 5.82 Å². The van der Waals surface area contributed by atoms with E-state index in [1.165, 1.54) is 7.11 Å². The third kappa shape index (κ3) is 2.31. The smallest absolute Gasteiger partial charge is 0.308 e. The lowest BCUT2D eigenvalue weighted by Gasteiger charge is -2.13. The van der Waals surface area contributed by atoms with Crippen LogP contribution in [0.15, 0.2) is 12.1 Å². The molecule has 0 bridgehead atoms. The van der Waals surface area contributed by atoms with Crippen LogP contribution >= 0.6 is 0 Å². The summed E-state index contributed by atoms with van der Waals surface area (Å²) >= 11 is 0. The molecule has 2 heterocycles. The second-order valence-corrected chi connectivity index (χ2v) is 5.11. The molecule has 2 aromatic heterocycles. The Morgan fingerprint density at radius 1 is 1.40 bits per heavy atom. The molecule has 0 amide bonds. The number of nitrogens with one attached hydrogen (secondary N) is 1. The lowest BCUT2D eigenvalue weighted by Crippen LogP contribution is -2.19. The molecule has 2 aromatic rings. The first kappa shape index (κ1) is 12.8. The largest absolute Gasteiger partial charge is 0.469 e. The third-order valence-corrected chi connectivity index (χ3v) is 3.74. The van der Waals surface area contributed by atoms with E-state index in [-0.39, 0.29) is 17.9 Å². The number of hydrogen-bond acceptors (Lipinski definition) is 6. The van der Waals surface area contributed by atoms with E-state index in [1.54, 1.807) is 4.52 Å². The molecule has 7 nitrogen and oxygen atoms in total. The van der Waals surface area contributed by atoms with E-state index in [1.807, 2.05) is 19.1 Å². The predicted molar refractivity (Wildman–Crippen MR) is 72.3 cm³/mol. The average molecular weight is 275 g/mol. The van der Waals surface area contributed by atoms with Crippen LogP contribution in [0.2, 0.25) is 0 Å². The van der Waals surface area contributed by atoms with Crippen molar-refractivity contribution in [3.8, 4) is 0 Å². The number of rotatable bonds is 3. The molecule has 0 unspecified atom stereocenters. The van der Waals surface area contributed by atoms with Crippen LogP contribution in [0, 0.1) is 12.8 Å². The molecular formula is C13H17N5O2. The topological polar surface area (TPSA) is 81.4 Å². The maximum absolute atomic E-state index is 11.5. The number of hydrogen-bond donors (Lipinski definition) is 1. The van der Waals surface area contributed by atoms with Crippen LogP contribution in [-0.2, 0) is 9.53 Å². The van der Waals surface area contributed by atoms with Gasteiger partial charge in [-0.2, -0.15) is 4.52 Å². The van der Waals surface area contributed by atoms with Gasteiger partial charge >= 0.3 is 5.97 Å². The van der Waals surface area contributed by atoms with Crippen molar-refractivity contribution < 1.29 is 9.53 Å². The first-order valence-corrected chi connectivity index (χ1v) is 6.71. The molecule has 1 saturated carbocycles. The Bertz CT molecular complexity index is 639. The van der Waals surface area contributed by atoms with Crippen LogP contribution in [0.25, 0.3) is 5.65 Å². The molecule has 1 aliphatic carbocycles. The monoisotopic (exact) mass is 275 g/mol. The molecule has 1 aliphatic rings. The van der Waals surface area contributed by atoms with Gasteiger partial charge in [0.05, 0.1) is 13.0 Å². The number of esters is 1. The summed E-state index contributed by atoms with van der Waals surface area (Å²) in [5.41, 5.74) is 0.729. The predicted octanol–water partition coefficient (Wildman–Crippen LogP) is 1.19. The quantitative estimate of drug-likeness (QED) is 0.847. The van der Waals surface area contributed by atoms with Crippen molar-refractivity contribution in [1.29, 1.82) is 0 Å². The normalized spacial score (nSPS) is 22.1. The number of aryl methyl sites for hydroxylation is 1. The second-order valence-electron chi connectivity index (χ2n) is 5.11. The molecule has 7 heteroatoms. The van der Waals surface area contributed by atoms with Crippen LogP contribution in [-0.4, -0.2) is 38.9 Å². The SMILES string of the molecule is COC(=O)[C@H]1CC[C@@H](Nc2ccc3nnc(C)n3n2)C1. The van der Waals surface area contributed by atoms with Gasteiger partial charge in [0, 0.05) is 6.04 Å². The van der Waals surface area contributed by atoms with Crippen LogP contribution in [0.1, 0.15) is 25.1 Å². The third-order valence-electron chi connectivity index (χ3n) is 3.74. The zero-order valence-electron chi connectivity index (χ0n) is 11.5. The highest BCUT2D eigenvalue weighted by molar-refractivity contribution is 5.72. The van der Waals surface area contributed by atoms with E-state index in [0.717, 1.165) is 36.6 Å². The van der Waals surface area contributed by atoms with Crippen LogP contribution in [0.3, 0.4) is 0 Å². The lowest BCUT2D eigenvalue weighted by atomic mass is 10.1. The lowest BCUT2D eigenvalue weighted by molar-refractivity contribution is -0.145. The summed E-state index contributed by atoms with van der Waals surface area (Å²) < 4.78 is 6.50. The number of aromatic nitrogens is 4. The maximum Gasteiger partial charge on any atom is 0.308 e. The summed E-state index contributed by atoms with van der Waals surface area (Å²) in [7, 11) is 1.44. The number of nitrogens with zero attached hydrogens (tertiary/aromatic N) is 4. The number of methoxy groups -OCH3 is 1. The molecule has 0 aliphatic heterocycles. The Morgan fingerprint density at radius 2 is 2.25 bits per heavy atom. The molecule has 0 spiro atoms. The van der Waals surface area contributed by atoms with Gasteiger partial charge in [0.1, 0.15) is 5.82 Å². The van der Waals surface area contributed by atoms with Gasteiger partial charge in [-0.15, -0.1) is 15.3 Å². The van der Waals surface area contributed by atoms with Crippen molar-refractivity contribution >= 4 is 17.4 Å². The Morgan fingerprint density at radius 3 is 3.05 bits per heavy atom. The summed E-state index contributed by atoms with van der Waals surface area (Å²) in [5.74, 6) is 1.41. The summed E-state index contributed by atoms with van der Waals surface area (Å²) in [6.45, 7) is 1.86. The van der Waals surface area contributed by atoms with Gasteiger partial charge in [0.25, 0.3) is 0 Å². The van der Waals surface area contributed by atoms with Crippen LogP contribution in [0.5, 0.6) is 0 Å². The Kier molecular flexibility index (Phi) is 3.25. The number of ether oxygens (including phenoxy) is 1. The Hall–Kier alpha value is -2.18. The maximum atomic E-state index is 11.5. The molecule has 0 radical (unpaired) electrons. The molecule has 20 heavy (non-hydrogen) atoms. The van der Waals surface area contributed by atoms with Gasteiger partial charge in [-0.25, -0.2) is 0 Å². The highest BCUT2D eigenvalue weighted by Gasteiger charge is 2.30. The minimum atomic E-state index is -0.118. The van der Waals surface area contributed by atoms with E-state index in [9.17, 15) is 4.79 Å². The number of carbonyl (C=O) groups excluding carboxylic acids is 1. The van der Waals surface area contributed by atoms with Crippen molar-refractivity contribution in [1.82, 2.24) is 19.8 Å². The van der Waals surface area contributed by atoms with Crippen molar-refractivity contribution in [2.24, 2.45) is 5.92 Å². The highest BCUT2D eigenvalue weighted by Crippen LogP contribution is 2.28. The van der Waals surface area contributed by atoms with Gasteiger partial charge in [0.15, 0.2) is 11.5 Å². The summed E-state index contributed by atoms with van der Waals surface area (Å²) in [5, 5.41) is 15.8. The summed E-state index contributed by atoms with van der Waals surface area (Å²) in [4.78, 5) is 11.5. The average Bonchev–Trinajstić information content (AvgIpc) is 3.06. The van der Waals surface area contributed by atoms with Gasteiger partial charge in [-0.05, 0) is 38.3 Å². The molecule has 106 valence electrons. The van der Waals surface area contributed by atoms with Crippen molar-refractivity contribution in [3.05, 3.63) is 18.0 Å². The van der Waals surface area contributed by atoms with Gasteiger partial charge in [0.2, 0.25) is 0 Å². The number of anilines is 1. The molecule has 1 fully saturated rings. The zero-order valence-corrected chi connectivity index (χ0v) is 11.5. The zero-order chi connectivity index (χ0) is 14.1. The Labute approximate surface area is 116 Å².